The molecule has 0 saturated carbocycles. The quantitative estimate of drug-likeness (QED) is 0.695. The average molecular weight is 448 g/mol. The summed E-state index contributed by atoms with van der Waals surface area (Å²) in [4.78, 5) is 15.0. The number of nitrogens with zero attached hydrogens (tertiary/aromatic N) is 1. The van der Waals surface area contributed by atoms with E-state index in [0.29, 0.717) is 4.88 Å². The van der Waals surface area contributed by atoms with Gasteiger partial charge in [0.2, 0.25) is 0 Å². The van der Waals surface area contributed by atoms with Crippen LogP contribution < -0.4 is 10.2 Å². The second-order valence-corrected chi connectivity index (χ2v) is 8.24. The van der Waals surface area contributed by atoms with Gasteiger partial charge < -0.3 is 10.2 Å². The van der Waals surface area contributed by atoms with Gasteiger partial charge >= 0.3 is 0 Å². The SMILES string of the molecule is O=C(Nc1c(F)cccc1N1CCCC1)c1cc(Br)c(Br)s1. The number of nitrogens with one attached hydrogen (secondary N) is 1. The summed E-state index contributed by atoms with van der Waals surface area (Å²) >= 11 is 8.02. The zero-order valence-electron chi connectivity index (χ0n) is 11.5. The van der Waals surface area contributed by atoms with Crippen molar-refractivity contribution in [3.8, 4) is 0 Å². The first-order valence-corrected chi connectivity index (χ1v) is 9.26. The van der Waals surface area contributed by atoms with Crippen molar-refractivity contribution in [2.45, 2.75) is 12.8 Å². The van der Waals surface area contributed by atoms with E-state index in [1.54, 1.807) is 12.1 Å². The molecule has 1 N–H and O–H groups in total. The Morgan fingerprint density at radius 3 is 2.64 bits per heavy atom. The van der Waals surface area contributed by atoms with E-state index in [-0.39, 0.29) is 11.6 Å². The first-order chi connectivity index (χ1) is 10.6. The lowest BCUT2D eigenvalue weighted by molar-refractivity contribution is 0.103. The lowest BCUT2D eigenvalue weighted by atomic mass is 10.2. The van der Waals surface area contributed by atoms with Gasteiger partial charge in [-0.1, -0.05) is 6.07 Å². The first-order valence-electron chi connectivity index (χ1n) is 6.86. The molecule has 0 unspecified atom stereocenters. The summed E-state index contributed by atoms with van der Waals surface area (Å²) < 4.78 is 15.9. The molecule has 1 saturated heterocycles. The molecular weight excluding hydrogens is 435 g/mol. The first kappa shape index (κ1) is 16.0. The van der Waals surface area contributed by atoms with E-state index in [1.807, 2.05) is 6.07 Å². The minimum atomic E-state index is -0.410. The number of thiophene rings is 1. The number of halogens is 3. The summed E-state index contributed by atoms with van der Waals surface area (Å²) in [5.74, 6) is -0.714. The fourth-order valence-corrected chi connectivity index (χ4v) is 4.42. The van der Waals surface area contributed by atoms with Gasteiger partial charge in [0.15, 0.2) is 0 Å². The summed E-state index contributed by atoms with van der Waals surface area (Å²) in [5.41, 5.74) is 1.01. The second-order valence-electron chi connectivity index (χ2n) is 5.01. The van der Waals surface area contributed by atoms with Crippen molar-refractivity contribution in [1.82, 2.24) is 0 Å². The van der Waals surface area contributed by atoms with Crippen LogP contribution in [-0.2, 0) is 0 Å². The molecule has 0 spiro atoms. The molecule has 2 heterocycles. The van der Waals surface area contributed by atoms with Crippen molar-refractivity contribution >= 4 is 60.5 Å². The van der Waals surface area contributed by atoms with Crippen LogP contribution in [0.15, 0.2) is 32.5 Å². The highest BCUT2D eigenvalue weighted by atomic mass is 79.9. The van der Waals surface area contributed by atoms with Crippen molar-refractivity contribution in [3.63, 3.8) is 0 Å². The fraction of sp³-hybridized carbons (Fsp3) is 0.267. The highest BCUT2D eigenvalue weighted by Crippen LogP contribution is 2.35. The maximum Gasteiger partial charge on any atom is 0.265 e. The van der Waals surface area contributed by atoms with Crippen LogP contribution in [0.4, 0.5) is 15.8 Å². The second kappa shape index (κ2) is 6.68. The molecular formula is C15H13Br2FN2OS. The number of para-hydroxylation sites is 1. The van der Waals surface area contributed by atoms with Crippen molar-refractivity contribution in [3.05, 3.63) is 43.2 Å². The maximum absolute atomic E-state index is 14.2. The van der Waals surface area contributed by atoms with E-state index in [1.165, 1.54) is 17.4 Å². The van der Waals surface area contributed by atoms with E-state index in [2.05, 4.69) is 42.1 Å². The lowest BCUT2D eigenvalue weighted by Gasteiger charge is -2.21. The number of benzene rings is 1. The Balaban J connectivity index is 1.89. The largest absolute Gasteiger partial charge is 0.370 e. The summed E-state index contributed by atoms with van der Waals surface area (Å²) in [6, 6.07) is 6.62. The van der Waals surface area contributed by atoms with Crippen LogP contribution in [0.3, 0.4) is 0 Å². The smallest absolute Gasteiger partial charge is 0.265 e. The van der Waals surface area contributed by atoms with Gasteiger partial charge in [-0.3, -0.25) is 4.79 Å². The van der Waals surface area contributed by atoms with Gasteiger partial charge in [0.1, 0.15) is 11.5 Å². The molecule has 7 heteroatoms. The molecule has 1 amide bonds. The Kier molecular flexibility index (Phi) is 4.84. The number of hydrogen-bond acceptors (Lipinski definition) is 3. The summed E-state index contributed by atoms with van der Waals surface area (Å²) in [5, 5.41) is 2.73. The Morgan fingerprint density at radius 1 is 1.27 bits per heavy atom. The highest BCUT2D eigenvalue weighted by Gasteiger charge is 2.21. The van der Waals surface area contributed by atoms with Gasteiger partial charge in [0.25, 0.3) is 5.91 Å². The fourth-order valence-electron chi connectivity index (χ4n) is 2.49. The number of carbonyl (C=O) groups excluding carboxylic acids is 1. The Labute approximate surface area is 148 Å². The highest BCUT2D eigenvalue weighted by molar-refractivity contribution is 9.13. The van der Waals surface area contributed by atoms with Crippen molar-refractivity contribution in [1.29, 1.82) is 0 Å². The van der Waals surface area contributed by atoms with Crippen LogP contribution in [0.2, 0.25) is 0 Å². The van der Waals surface area contributed by atoms with Crippen LogP contribution in [0, 0.1) is 5.82 Å². The van der Waals surface area contributed by atoms with E-state index in [0.717, 1.165) is 39.9 Å². The maximum atomic E-state index is 14.2. The summed E-state index contributed by atoms with van der Waals surface area (Å²) in [6.07, 6.45) is 2.18. The Hall–Kier alpha value is -0.920. The van der Waals surface area contributed by atoms with Crippen molar-refractivity contribution in [2.75, 3.05) is 23.3 Å². The molecule has 1 aliphatic rings. The van der Waals surface area contributed by atoms with Crippen LogP contribution in [0.25, 0.3) is 0 Å². The number of rotatable bonds is 3. The van der Waals surface area contributed by atoms with E-state index in [9.17, 15) is 9.18 Å². The number of carbonyl (C=O) groups is 1. The molecule has 1 fully saturated rings. The zero-order chi connectivity index (χ0) is 15.7. The minimum Gasteiger partial charge on any atom is -0.370 e. The van der Waals surface area contributed by atoms with Crippen molar-refractivity contribution < 1.29 is 9.18 Å². The molecule has 0 atom stereocenters. The summed E-state index contributed by atoms with van der Waals surface area (Å²) in [7, 11) is 0. The van der Waals surface area contributed by atoms with Crippen LogP contribution >= 0.6 is 43.2 Å². The molecule has 116 valence electrons. The molecule has 1 aliphatic heterocycles. The normalized spacial score (nSPS) is 14.4. The van der Waals surface area contributed by atoms with Crippen LogP contribution in [-0.4, -0.2) is 19.0 Å². The Morgan fingerprint density at radius 2 is 2.00 bits per heavy atom. The number of hydrogen-bond donors (Lipinski definition) is 1. The molecule has 3 nitrogen and oxygen atoms in total. The van der Waals surface area contributed by atoms with Gasteiger partial charge in [-0.15, -0.1) is 11.3 Å². The van der Waals surface area contributed by atoms with Gasteiger partial charge in [-0.05, 0) is 62.9 Å². The minimum absolute atomic E-state index is 0.259. The molecule has 2 aromatic rings. The number of anilines is 2. The third kappa shape index (κ3) is 3.21. The van der Waals surface area contributed by atoms with Crippen molar-refractivity contribution in [2.24, 2.45) is 0 Å². The molecule has 0 aliphatic carbocycles. The third-order valence-corrected chi connectivity index (χ3v) is 6.80. The standard InChI is InChI=1S/C15H13Br2FN2OS/c16-9-8-12(22-14(9)17)15(21)19-13-10(18)4-3-5-11(13)20-6-1-2-7-20/h3-5,8H,1-2,6-7H2,(H,19,21). The monoisotopic (exact) mass is 446 g/mol. The third-order valence-electron chi connectivity index (χ3n) is 3.55. The van der Waals surface area contributed by atoms with Gasteiger partial charge in [0, 0.05) is 17.6 Å². The summed E-state index contributed by atoms with van der Waals surface area (Å²) in [6.45, 7) is 1.78. The average Bonchev–Trinajstić information content (AvgIpc) is 3.12. The molecule has 0 bridgehead atoms. The zero-order valence-corrected chi connectivity index (χ0v) is 15.5. The molecule has 3 rings (SSSR count). The van der Waals surface area contributed by atoms with E-state index >= 15 is 0 Å². The van der Waals surface area contributed by atoms with Crippen LogP contribution in [0.5, 0.6) is 0 Å². The number of amides is 1. The van der Waals surface area contributed by atoms with Gasteiger partial charge in [-0.2, -0.15) is 0 Å². The molecule has 1 aromatic carbocycles. The van der Waals surface area contributed by atoms with Gasteiger partial charge in [0.05, 0.1) is 14.4 Å². The predicted molar refractivity (Wildman–Crippen MR) is 95.5 cm³/mol. The molecule has 0 radical (unpaired) electrons. The topological polar surface area (TPSA) is 32.3 Å². The van der Waals surface area contributed by atoms with E-state index < -0.39 is 5.82 Å². The molecule has 22 heavy (non-hydrogen) atoms. The van der Waals surface area contributed by atoms with E-state index in [4.69, 9.17) is 0 Å². The lowest BCUT2D eigenvalue weighted by Crippen LogP contribution is -2.21. The predicted octanol–water partition coefficient (Wildman–Crippen LogP) is 5.26. The van der Waals surface area contributed by atoms with Gasteiger partial charge in [-0.25, -0.2) is 4.39 Å². The Bertz CT molecular complexity index is 694. The van der Waals surface area contributed by atoms with Crippen LogP contribution in [0.1, 0.15) is 22.5 Å². The molecule has 1 aromatic heterocycles.